The van der Waals surface area contributed by atoms with Gasteiger partial charge in [0.25, 0.3) is 33.2 Å². The number of amides is 2. The van der Waals surface area contributed by atoms with Crippen LogP contribution in [0.4, 0.5) is 0 Å². The minimum atomic E-state index is -4.02. The molecule has 0 saturated heterocycles. The molecule has 0 saturated carbocycles. The van der Waals surface area contributed by atoms with E-state index in [0.29, 0.717) is 24.3 Å². The maximum atomic E-state index is 12.6. The standard InChI is InChI=1S/C40H34N8O4.C7H8O3S/c1-45-33(25-47-21-5-3-7-37(45)47)27-51-35-17-9-29(10-18-35)23-41-43-39(49)31-13-15-32(16-14-31)40(50)44-42-24-30-11-19-36(20-12-30)52-28-34-26-48-22-6-4-8-38(48)46(34)2;1-6-2-4-7(5-3-6)11(8,9)10/h3-26H,27-28H2,1-2H3;2-5H,1H3,(H,8,9,10)/p+2/b41-23+,42-24+;. The molecule has 318 valence electrons. The first-order valence-electron chi connectivity index (χ1n) is 19.6. The van der Waals surface area contributed by atoms with Crippen LogP contribution in [0.1, 0.15) is 48.8 Å². The number of aromatic nitrogens is 4. The Labute approximate surface area is 363 Å². The fraction of sp³-hybridized carbons (Fsp3) is 0.106. The number of ether oxygens (including phenoxy) is 2. The summed E-state index contributed by atoms with van der Waals surface area (Å²) >= 11 is 0. The predicted octanol–water partition coefficient (Wildman–Crippen LogP) is 5.77. The Morgan fingerprint density at radius 2 is 1.03 bits per heavy atom. The van der Waals surface area contributed by atoms with Gasteiger partial charge in [0.2, 0.25) is 0 Å². The summed E-state index contributed by atoms with van der Waals surface area (Å²) in [7, 11) is 0.000529. The highest BCUT2D eigenvalue weighted by atomic mass is 32.2. The third-order valence-corrected chi connectivity index (χ3v) is 10.7. The molecule has 0 atom stereocenters. The third-order valence-electron chi connectivity index (χ3n) is 9.88. The van der Waals surface area contributed by atoms with Crippen molar-refractivity contribution in [2.45, 2.75) is 25.0 Å². The molecule has 15 nitrogen and oxygen atoms in total. The van der Waals surface area contributed by atoms with Crippen molar-refractivity contribution in [3.8, 4) is 11.5 Å². The number of carbonyl (C=O) groups is 2. The normalized spacial score (nSPS) is 11.4. The van der Waals surface area contributed by atoms with Crippen molar-refractivity contribution in [2.75, 3.05) is 0 Å². The highest BCUT2D eigenvalue weighted by Crippen LogP contribution is 2.16. The van der Waals surface area contributed by atoms with Crippen LogP contribution in [0.25, 0.3) is 11.3 Å². The van der Waals surface area contributed by atoms with Crippen LogP contribution in [0.15, 0.2) is 173 Å². The van der Waals surface area contributed by atoms with Crippen LogP contribution >= 0.6 is 0 Å². The van der Waals surface area contributed by atoms with Crippen LogP contribution in [0.3, 0.4) is 0 Å². The van der Waals surface area contributed by atoms with Gasteiger partial charge in [0.15, 0.2) is 24.6 Å². The van der Waals surface area contributed by atoms with E-state index in [4.69, 9.17) is 14.0 Å². The summed E-state index contributed by atoms with van der Waals surface area (Å²) in [4.78, 5) is 25.2. The van der Waals surface area contributed by atoms with Crippen LogP contribution in [0, 0.1) is 6.92 Å². The number of nitrogens with one attached hydrogen (secondary N) is 2. The summed E-state index contributed by atoms with van der Waals surface area (Å²) in [6.45, 7) is 2.69. The molecule has 4 aromatic carbocycles. The Morgan fingerprint density at radius 1 is 0.619 bits per heavy atom. The summed E-state index contributed by atoms with van der Waals surface area (Å²) in [6, 6.07) is 39.1. The first kappa shape index (κ1) is 43.1. The SMILES string of the molecule is Cc1ccc(S(=O)(=O)O)cc1.Cn1c(COc2ccc(/C=N/NC(=O)c3ccc(C(=O)N/N=C/c4ccc(OCc5c[n+]6ccccc6n5C)cc4)cc3)cc2)c[n+]2ccccc12. The topological polar surface area (TPSA) is 174 Å². The smallest absolute Gasteiger partial charge is 0.294 e. The first-order chi connectivity index (χ1) is 30.4. The van der Waals surface area contributed by atoms with E-state index in [-0.39, 0.29) is 4.90 Å². The molecule has 0 fully saturated rings. The van der Waals surface area contributed by atoms with Gasteiger partial charge < -0.3 is 9.47 Å². The number of hydrogen-bond acceptors (Lipinski definition) is 8. The zero-order valence-electron chi connectivity index (χ0n) is 34.6. The lowest BCUT2D eigenvalue weighted by atomic mass is 10.1. The van der Waals surface area contributed by atoms with Crippen LogP contribution in [0.5, 0.6) is 11.5 Å². The van der Waals surface area contributed by atoms with Crippen LogP contribution in [-0.4, -0.2) is 46.3 Å². The number of hydrazone groups is 2. The quantitative estimate of drug-likeness (QED) is 0.0572. The summed E-state index contributed by atoms with van der Waals surface area (Å²) in [5.74, 6) is 0.632. The molecule has 8 aromatic rings. The monoisotopic (exact) mass is 864 g/mol. The molecular weight excluding hydrogens is 821 g/mol. The molecule has 0 aliphatic heterocycles. The van der Waals surface area contributed by atoms with Crippen molar-refractivity contribution in [3.63, 3.8) is 0 Å². The molecule has 0 aliphatic carbocycles. The minimum absolute atomic E-state index is 0.0666. The van der Waals surface area contributed by atoms with Crippen LogP contribution in [-0.2, 0) is 37.4 Å². The number of imidazole rings is 2. The predicted molar refractivity (Wildman–Crippen MR) is 236 cm³/mol. The molecule has 0 radical (unpaired) electrons. The van der Waals surface area contributed by atoms with E-state index in [1.807, 2.05) is 119 Å². The van der Waals surface area contributed by atoms with Gasteiger partial charge in [-0.2, -0.15) is 18.6 Å². The molecule has 0 aliphatic rings. The molecule has 4 heterocycles. The number of aryl methyl sites for hydroxylation is 3. The lowest BCUT2D eigenvalue weighted by Crippen LogP contribution is -2.19. The van der Waals surface area contributed by atoms with E-state index in [9.17, 15) is 18.0 Å². The molecule has 0 bridgehead atoms. The van der Waals surface area contributed by atoms with Gasteiger partial charge in [-0.1, -0.05) is 29.8 Å². The Morgan fingerprint density at radius 3 is 1.41 bits per heavy atom. The van der Waals surface area contributed by atoms with Gasteiger partial charge in [0.1, 0.15) is 23.9 Å². The van der Waals surface area contributed by atoms with E-state index < -0.39 is 21.9 Å². The summed E-state index contributed by atoms with van der Waals surface area (Å²) < 4.78 is 49.8. The molecule has 3 N–H and O–H groups in total. The van der Waals surface area contributed by atoms with Gasteiger partial charge in [-0.05, 0) is 115 Å². The van der Waals surface area contributed by atoms with Crippen molar-refractivity contribution < 1.29 is 40.8 Å². The van der Waals surface area contributed by atoms with Gasteiger partial charge in [-0.25, -0.2) is 28.8 Å². The van der Waals surface area contributed by atoms with Crippen molar-refractivity contribution in [1.29, 1.82) is 0 Å². The second-order valence-electron chi connectivity index (χ2n) is 14.3. The number of pyridine rings is 2. The zero-order valence-corrected chi connectivity index (χ0v) is 35.4. The summed E-state index contributed by atoms with van der Waals surface area (Å²) in [5.41, 5.74) is 12.5. The Bertz CT molecular complexity index is 2860. The molecule has 0 spiro atoms. The van der Waals surface area contributed by atoms with Gasteiger partial charge in [-0.15, -0.1) is 0 Å². The number of rotatable bonds is 13. The molecule has 16 heteroatoms. The van der Waals surface area contributed by atoms with Crippen molar-refractivity contribution in [1.82, 2.24) is 20.0 Å². The fourth-order valence-electron chi connectivity index (χ4n) is 6.30. The number of fused-ring (bicyclic) bond motifs is 2. The average Bonchev–Trinajstić information content (AvgIpc) is 3.80. The Hall–Kier alpha value is -7.95. The van der Waals surface area contributed by atoms with Gasteiger partial charge in [-0.3, -0.25) is 14.1 Å². The van der Waals surface area contributed by atoms with Crippen LogP contribution in [0.2, 0.25) is 0 Å². The molecular formula is C47H44N8O7S+2. The first-order valence-corrected chi connectivity index (χ1v) is 21.0. The molecule has 63 heavy (non-hydrogen) atoms. The second-order valence-corrected chi connectivity index (χ2v) is 15.7. The summed E-state index contributed by atoms with van der Waals surface area (Å²) in [6.07, 6.45) is 11.2. The van der Waals surface area contributed by atoms with Gasteiger partial charge >= 0.3 is 0 Å². The number of carbonyl (C=O) groups excluding carboxylic acids is 2. The van der Waals surface area contributed by atoms with E-state index in [2.05, 4.69) is 51.1 Å². The Balaban J connectivity index is 0.000000473. The number of nitrogens with zero attached hydrogens (tertiary/aromatic N) is 6. The van der Waals surface area contributed by atoms with E-state index in [0.717, 1.165) is 50.9 Å². The van der Waals surface area contributed by atoms with Gasteiger partial charge in [0, 0.05) is 23.3 Å². The zero-order chi connectivity index (χ0) is 44.3. The molecule has 2 amide bonds. The average molecular weight is 865 g/mol. The highest BCUT2D eigenvalue weighted by molar-refractivity contribution is 7.85. The number of benzene rings is 4. The second kappa shape index (κ2) is 19.6. The highest BCUT2D eigenvalue weighted by Gasteiger charge is 2.15. The number of hydrogen-bond donors (Lipinski definition) is 3. The van der Waals surface area contributed by atoms with Crippen molar-refractivity contribution >= 4 is 45.7 Å². The maximum absolute atomic E-state index is 12.6. The third kappa shape index (κ3) is 11.3. The van der Waals surface area contributed by atoms with Gasteiger partial charge in [0.05, 0.1) is 43.8 Å². The van der Waals surface area contributed by atoms with Crippen molar-refractivity contribution in [3.05, 3.63) is 197 Å². The molecule has 8 rings (SSSR count). The Kier molecular flexibility index (Phi) is 13.4. The lowest BCUT2D eigenvalue weighted by molar-refractivity contribution is -0.511. The molecule has 0 unspecified atom stereocenters. The van der Waals surface area contributed by atoms with E-state index >= 15 is 0 Å². The lowest BCUT2D eigenvalue weighted by Gasteiger charge is -2.05. The maximum Gasteiger partial charge on any atom is 0.294 e. The largest absolute Gasteiger partial charge is 0.485 e. The van der Waals surface area contributed by atoms with Crippen molar-refractivity contribution in [2.24, 2.45) is 24.3 Å². The van der Waals surface area contributed by atoms with E-state index in [1.165, 1.54) is 12.1 Å². The van der Waals surface area contributed by atoms with E-state index in [1.54, 1.807) is 48.8 Å². The van der Waals surface area contributed by atoms with Crippen LogP contribution < -0.4 is 29.1 Å². The fourth-order valence-corrected chi connectivity index (χ4v) is 6.78. The summed E-state index contributed by atoms with van der Waals surface area (Å²) in [5, 5.41) is 8.13. The molecule has 4 aromatic heterocycles. The minimum Gasteiger partial charge on any atom is -0.485 e.